The molecule has 8 heteroatoms. The smallest absolute Gasteiger partial charge is 0.235 e. The summed E-state index contributed by atoms with van der Waals surface area (Å²) >= 11 is 1.49. The second-order valence-electron chi connectivity index (χ2n) is 6.13. The number of carbonyl (C=O) groups is 1. The molecule has 0 fully saturated rings. The van der Waals surface area contributed by atoms with Crippen LogP contribution in [0.3, 0.4) is 0 Å². The molecular formula is C13H23N3O3S2. The van der Waals surface area contributed by atoms with E-state index >= 15 is 0 Å². The van der Waals surface area contributed by atoms with Gasteiger partial charge in [-0.3, -0.25) is 4.79 Å². The quantitative estimate of drug-likeness (QED) is 0.886. The van der Waals surface area contributed by atoms with Gasteiger partial charge < -0.3 is 5.32 Å². The van der Waals surface area contributed by atoms with Gasteiger partial charge in [-0.1, -0.05) is 20.8 Å². The minimum absolute atomic E-state index is 0.0328. The van der Waals surface area contributed by atoms with Gasteiger partial charge in [0.15, 0.2) is 0 Å². The van der Waals surface area contributed by atoms with Gasteiger partial charge in [0, 0.05) is 17.8 Å². The van der Waals surface area contributed by atoms with Crippen LogP contribution in [0, 0.1) is 0 Å². The molecule has 0 bridgehead atoms. The van der Waals surface area contributed by atoms with E-state index in [1.54, 1.807) is 0 Å². The Bertz CT molecular complexity index is 602. The van der Waals surface area contributed by atoms with Crippen molar-refractivity contribution in [3.8, 4) is 0 Å². The molecule has 1 aromatic heterocycles. The molecule has 1 atom stereocenters. The summed E-state index contributed by atoms with van der Waals surface area (Å²) < 4.78 is 23.6. The van der Waals surface area contributed by atoms with Crippen LogP contribution in [0.1, 0.15) is 44.4 Å². The summed E-state index contributed by atoms with van der Waals surface area (Å²) in [6.07, 6.45) is 1.07. The van der Waals surface area contributed by atoms with E-state index in [1.807, 2.05) is 12.3 Å². The van der Waals surface area contributed by atoms with Gasteiger partial charge in [-0.05, 0) is 6.92 Å². The molecule has 0 spiro atoms. The normalized spacial score (nSPS) is 14.2. The maximum absolute atomic E-state index is 11.8. The third kappa shape index (κ3) is 5.37. The number of likely N-dealkylation sites (N-methyl/N-ethyl adjacent to an activating group) is 1. The monoisotopic (exact) mass is 333 g/mol. The zero-order chi connectivity index (χ0) is 16.4. The van der Waals surface area contributed by atoms with Crippen LogP contribution in [-0.2, 0) is 20.2 Å². The maximum Gasteiger partial charge on any atom is 0.235 e. The average molecular weight is 333 g/mol. The maximum atomic E-state index is 11.8. The third-order valence-electron chi connectivity index (χ3n) is 2.97. The SMILES string of the molecule is C[C@H](NC(=O)CN(C)S(C)(=O)=O)c1nc(C(C)(C)C)cs1. The summed E-state index contributed by atoms with van der Waals surface area (Å²) in [5.41, 5.74) is 0.950. The number of carbonyl (C=O) groups excluding carboxylic acids is 1. The highest BCUT2D eigenvalue weighted by Crippen LogP contribution is 2.26. The van der Waals surface area contributed by atoms with Crippen LogP contribution < -0.4 is 5.32 Å². The summed E-state index contributed by atoms with van der Waals surface area (Å²) in [5.74, 6) is -0.345. The Labute approximate surface area is 130 Å². The Morgan fingerprint density at radius 3 is 2.48 bits per heavy atom. The lowest BCUT2D eigenvalue weighted by atomic mass is 9.93. The molecule has 1 rings (SSSR count). The van der Waals surface area contributed by atoms with Gasteiger partial charge >= 0.3 is 0 Å². The van der Waals surface area contributed by atoms with Gasteiger partial charge in [-0.15, -0.1) is 11.3 Å². The van der Waals surface area contributed by atoms with Gasteiger partial charge in [0.25, 0.3) is 0 Å². The van der Waals surface area contributed by atoms with Crippen LogP contribution in [0.25, 0.3) is 0 Å². The minimum atomic E-state index is -3.35. The number of nitrogens with zero attached hydrogens (tertiary/aromatic N) is 2. The van der Waals surface area contributed by atoms with Crippen molar-refractivity contribution in [1.82, 2.24) is 14.6 Å². The molecule has 1 N–H and O–H groups in total. The van der Waals surface area contributed by atoms with Crippen LogP contribution >= 0.6 is 11.3 Å². The second kappa shape index (κ2) is 6.41. The molecule has 0 saturated carbocycles. The van der Waals surface area contributed by atoms with Gasteiger partial charge in [0.1, 0.15) is 5.01 Å². The standard InChI is InChI=1S/C13H23N3O3S2/c1-9(12-15-10(8-20-12)13(2,3)4)14-11(17)7-16(5)21(6,18)19/h8-9H,7H2,1-6H3,(H,14,17)/t9-/m0/s1. The molecule has 6 nitrogen and oxygen atoms in total. The fourth-order valence-electron chi connectivity index (χ4n) is 1.50. The Morgan fingerprint density at radius 1 is 1.48 bits per heavy atom. The lowest BCUT2D eigenvalue weighted by molar-refractivity contribution is -0.121. The Balaban J connectivity index is 2.67. The molecular weight excluding hydrogens is 310 g/mol. The number of thiazole rings is 1. The zero-order valence-electron chi connectivity index (χ0n) is 13.3. The zero-order valence-corrected chi connectivity index (χ0v) is 14.9. The summed E-state index contributed by atoms with van der Waals surface area (Å²) in [4.78, 5) is 16.4. The number of sulfonamides is 1. The van der Waals surface area contributed by atoms with E-state index in [9.17, 15) is 13.2 Å². The first-order chi connectivity index (χ1) is 9.41. The van der Waals surface area contributed by atoms with Crippen molar-refractivity contribution in [2.45, 2.75) is 39.2 Å². The van der Waals surface area contributed by atoms with E-state index in [-0.39, 0.29) is 23.9 Å². The van der Waals surface area contributed by atoms with E-state index in [1.165, 1.54) is 18.4 Å². The molecule has 0 aliphatic heterocycles. The van der Waals surface area contributed by atoms with Crippen molar-refractivity contribution in [3.63, 3.8) is 0 Å². The molecule has 0 aliphatic carbocycles. The molecule has 1 heterocycles. The third-order valence-corrected chi connectivity index (χ3v) is 5.26. The van der Waals surface area contributed by atoms with E-state index in [0.717, 1.165) is 21.3 Å². The first kappa shape index (κ1) is 18.1. The molecule has 0 aliphatic rings. The van der Waals surface area contributed by atoms with Crippen LogP contribution in [-0.4, -0.2) is 43.5 Å². The van der Waals surface area contributed by atoms with Crippen molar-refractivity contribution >= 4 is 27.3 Å². The summed E-state index contributed by atoms with van der Waals surface area (Å²) in [7, 11) is -1.98. The largest absolute Gasteiger partial charge is 0.346 e. The van der Waals surface area contributed by atoms with Gasteiger partial charge in [-0.2, -0.15) is 4.31 Å². The molecule has 21 heavy (non-hydrogen) atoms. The fourth-order valence-corrected chi connectivity index (χ4v) is 2.90. The highest BCUT2D eigenvalue weighted by molar-refractivity contribution is 7.88. The van der Waals surface area contributed by atoms with Gasteiger partial charge in [-0.25, -0.2) is 13.4 Å². The second-order valence-corrected chi connectivity index (χ2v) is 9.11. The van der Waals surface area contributed by atoms with Crippen LogP contribution in [0.15, 0.2) is 5.38 Å². The summed E-state index contributed by atoms with van der Waals surface area (Å²) in [6, 6.07) is -0.244. The van der Waals surface area contributed by atoms with Crippen LogP contribution in [0.4, 0.5) is 0 Å². The molecule has 0 unspecified atom stereocenters. The van der Waals surface area contributed by atoms with Crippen LogP contribution in [0.5, 0.6) is 0 Å². The Morgan fingerprint density at radius 2 is 2.05 bits per heavy atom. The highest BCUT2D eigenvalue weighted by Gasteiger charge is 2.21. The van der Waals surface area contributed by atoms with Crippen molar-refractivity contribution in [1.29, 1.82) is 0 Å². The summed E-state index contributed by atoms with van der Waals surface area (Å²) in [6.45, 7) is 7.88. The molecule has 0 radical (unpaired) electrons. The predicted octanol–water partition coefficient (Wildman–Crippen LogP) is 1.51. The highest BCUT2D eigenvalue weighted by atomic mass is 32.2. The van der Waals surface area contributed by atoms with E-state index in [0.29, 0.717) is 0 Å². The van der Waals surface area contributed by atoms with Crippen molar-refractivity contribution in [2.75, 3.05) is 19.8 Å². The van der Waals surface area contributed by atoms with Crippen LogP contribution in [0.2, 0.25) is 0 Å². The number of nitrogens with one attached hydrogen (secondary N) is 1. The average Bonchev–Trinajstić information content (AvgIpc) is 2.75. The number of hydrogen-bond acceptors (Lipinski definition) is 5. The first-order valence-electron chi connectivity index (χ1n) is 6.58. The van der Waals surface area contributed by atoms with Gasteiger partial charge in [0.2, 0.25) is 15.9 Å². The lowest BCUT2D eigenvalue weighted by Crippen LogP contribution is -2.38. The molecule has 120 valence electrons. The number of aromatic nitrogens is 1. The predicted molar refractivity (Wildman–Crippen MR) is 84.8 cm³/mol. The van der Waals surface area contributed by atoms with Crippen molar-refractivity contribution in [3.05, 3.63) is 16.1 Å². The van der Waals surface area contributed by atoms with E-state index < -0.39 is 10.0 Å². The number of rotatable bonds is 5. The number of amides is 1. The minimum Gasteiger partial charge on any atom is -0.346 e. The lowest BCUT2D eigenvalue weighted by Gasteiger charge is -2.17. The molecule has 1 amide bonds. The van der Waals surface area contributed by atoms with E-state index in [2.05, 4.69) is 31.1 Å². The number of hydrogen-bond donors (Lipinski definition) is 1. The van der Waals surface area contributed by atoms with E-state index in [4.69, 9.17) is 0 Å². The molecule has 1 aromatic rings. The Hall–Kier alpha value is -0.990. The Kier molecular flexibility index (Phi) is 5.51. The van der Waals surface area contributed by atoms with Crippen molar-refractivity contribution < 1.29 is 13.2 Å². The molecule has 0 aromatic carbocycles. The first-order valence-corrected chi connectivity index (χ1v) is 9.30. The topological polar surface area (TPSA) is 79.4 Å². The van der Waals surface area contributed by atoms with Gasteiger partial charge in [0.05, 0.1) is 24.5 Å². The van der Waals surface area contributed by atoms with Crippen molar-refractivity contribution in [2.24, 2.45) is 0 Å². The fraction of sp³-hybridized carbons (Fsp3) is 0.692. The molecule has 0 saturated heterocycles. The summed E-state index contributed by atoms with van der Waals surface area (Å²) in [5, 5.41) is 5.57.